The third kappa shape index (κ3) is 6.43. The first-order valence-electron chi connectivity index (χ1n) is 10.1. The van der Waals surface area contributed by atoms with Gasteiger partial charge in [-0.2, -0.15) is 0 Å². The molecular formula is C25H24ClN3O3. The fraction of sp³-hybridized carbons (Fsp3) is 0.160. The van der Waals surface area contributed by atoms with Gasteiger partial charge in [0.15, 0.2) is 0 Å². The van der Waals surface area contributed by atoms with Gasteiger partial charge < -0.3 is 15.5 Å². The fourth-order valence-corrected chi connectivity index (χ4v) is 3.30. The molecule has 32 heavy (non-hydrogen) atoms. The molecule has 0 aliphatic rings. The van der Waals surface area contributed by atoms with E-state index in [1.807, 2.05) is 30.3 Å². The number of carbonyl (C=O) groups excluding carboxylic acids is 3. The highest BCUT2D eigenvalue weighted by atomic mass is 35.5. The van der Waals surface area contributed by atoms with Gasteiger partial charge >= 0.3 is 0 Å². The molecule has 0 aromatic heterocycles. The third-order valence-corrected chi connectivity index (χ3v) is 5.16. The largest absolute Gasteiger partial charge is 0.343 e. The Balaban J connectivity index is 1.69. The van der Waals surface area contributed by atoms with Crippen LogP contribution in [0.3, 0.4) is 0 Å². The molecule has 7 heteroatoms. The summed E-state index contributed by atoms with van der Waals surface area (Å²) in [6, 6.07) is 24.1. The van der Waals surface area contributed by atoms with Gasteiger partial charge in [0.25, 0.3) is 5.91 Å². The van der Waals surface area contributed by atoms with Crippen LogP contribution >= 0.6 is 11.6 Å². The summed E-state index contributed by atoms with van der Waals surface area (Å²) < 4.78 is 0. The minimum absolute atomic E-state index is 0.239. The Morgan fingerprint density at radius 1 is 0.875 bits per heavy atom. The number of hydrogen-bond acceptors (Lipinski definition) is 3. The summed E-state index contributed by atoms with van der Waals surface area (Å²) in [5, 5.41) is 5.91. The summed E-state index contributed by atoms with van der Waals surface area (Å²) in [6.45, 7) is -0.239. The lowest BCUT2D eigenvalue weighted by atomic mass is 10.0. The fourth-order valence-electron chi connectivity index (χ4n) is 3.17. The molecule has 0 unspecified atom stereocenters. The average Bonchev–Trinajstić information content (AvgIpc) is 2.83. The Bertz CT molecular complexity index is 1060. The van der Waals surface area contributed by atoms with Crippen LogP contribution in [0.15, 0.2) is 84.9 Å². The van der Waals surface area contributed by atoms with Crippen molar-refractivity contribution in [3.63, 3.8) is 0 Å². The number of nitrogens with zero attached hydrogens (tertiary/aromatic N) is 1. The summed E-state index contributed by atoms with van der Waals surface area (Å²) in [5.41, 5.74) is 2.02. The van der Waals surface area contributed by atoms with Gasteiger partial charge in [-0.3, -0.25) is 14.4 Å². The summed E-state index contributed by atoms with van der Waals surface area (Å²) in [6.07, 6.45) is 0.315. The summed E-state index contributed by atoms with van der Waals surface area (Å²) in [4.78, 5) is 39.5. The number of halogens is 1. The molecule has 0 spiro atoms. The zero-order valence-electron chi connectivity index (χ0n) is 17.6. The van der Waals surface area contributed by atoms with Gasteiger partial charge in [0.1, 0.15) is 6.04 Å². The highest BCUT2D eigenvalue weighted by molar-refractivity contribution is 6.30. The predicted octanol–water partition coefficient (Wildman–Crippen LogP) is 3.46. The first-order valence-corrected chi connectivity index (χ1v) is 10.5. The Labute approximate surface area is 192 Å². The van der Waals surface area contributed by atoms with E-state index >= 15 is 0 Å². The molecule has 3 amide bonds. The number of likely N-dealkylation sites (N-methyl/N-ethyl adjacent to an activating group) is 1. The Morgan fingerprint density at radius 2 is 1.47 bits per heavy atom. The normalized spacial score (nSPS) is 11.3. The van der Waals surface area contributed by atoms with E-state index in [1.165, 1.54) is 4.90 Å². The van der Waals surface area contributed by atoms with E-state index in [4.69, 9.17) is 11.6 Å². The number of carbonyl (C=O) groups is 3. The molecule has 0 bridgehead atoms. The molecule has 0 saturated carbocycles. The molecule has 0 radical (unpaired) electrons. The average molecular weight is 450 g/mol. The maximum atomic E-state index is 13.2. The highest BCUT2D eigenvalue weighted by Crippen LogP contribution is 2.18. The first-order chi connectivity index (χ1) is 15.4. The molecular weight excluding hydrogens is 426 g/mol. The molecule has 3 aromatic rings. The van der Waals surface area contributed by atoms with E-state index in [-0.39, 0.29) is 18.4 Å². The van der Waals surface area contributed by atoms with Crippen LogP contribution in [0, 0.1) is 0 Å². The van der Waals surface area contributed by atoms with Crippen LogP contribution in [0.4, 0.5) is 5.69 Å². The number of amides is 3. The SMILES string of the molecule is CN(C(=O)[C@H](Cc1ccccc1)NC(=O)CNC(=O)c1ccccc1)c1ccc(Cl)cc1. The maximum absolute atomic E-state index is 13.2. The molecule has 0 aliphatic heterocycles. The molecule has 0 aliphatic carbocycles. The summed E-state index contributed by atoms with van der Waals surface area (Å²) in [7, 11) is 1.65. The molecule has 164 valence electrons. The van der Waals surface area contributed by atoms with Crippen molar-refractivity contribution in [2.45, 2.75) is 12.5 Å². The van der Waals surface area contributed by atoms with Crippen LogP contribution < -0.4 is 15.5 Å². The second-order valence-electron chi connectivity index (χ2n) is 7.23. The number of nitrogens with one attached hydrogen (secondary N) is 2. The van der Waals surface area contributed by atoms with Gasteiger partial charge in [0.2, 0.25) is 11.8 Å². The minimum Gasteiger partial charge on any atom is -0.343 e. The Morgan fingerprint density at radius 3 is 2.09 bits per heavy atom. The highest BCUT2D eigenvalue weighted by Gasteiger charge is 2.25. The predicted molar refractivity (Wildman–Crippen MR) is 126 cm³/mol. The van der Waals surface area contributed by atoms with Crippen molar-refractivity contribution in [1.29, 1.82) is 0 Å². The number of anilines is 1. The van der Waals surface area contributed by atoms with E-state index in [1.54, 1.807) is 61.6 Å². The molecule has 1 atom stereocenters. The molecule has 2 N–H and O–H groups in total. The molecule has 3 rings (SSSR count). The van der Waals surface area contributed by atoms with Crippen LogP contribution in [0.2, 0.25) is 5.02 Å². The molecule has 0 heterocycles. The second-order valence-corrected chi connectivity index (χ2v) is 7.67. The van der Waals surface area contributed by atoms with Crippen molar-refractivity contribution in [1.82, 2.24) is 10.6 Å². The van der Waals surface area contributed by atoms with E-state index in [9.17, 15) is 14.4 Å². The van der Waals surface area contributed by atoms with Crippen molar-refractivity contribution < 1.29 is 14.4 Å². The van der Waals surface area contributed by atoms with Crippen LogP contribution in [-0.4, -0.2) is 37.4 Å². The zero-order valence-corrected chi connectivity index (χ0v) is 18.4. The van der Waals surface area contributed by atoms with Gasteiger partial charge in [-0.25, -0.2) is 0 Å². The van der Waals surface area contributed by atoms with Gasteiger partial charge in [0.05, 0.1) is 6.54 Å². The quantitative estimate of drug-likeness (QED) is 0.552. The standard InChI is InChI=1S/C25H24ClN3O3/c1-29(21-14-12-20(26)13-15-21)25(32)22(16-18-8-4-2-5-9-18)28-23(30)17-27-24(31)19-10-6-3-7-11-19/h2-15,22H,16-17H2,1H3,(H,27,31)(H,28,30)/t22-/m0/s1. The van der Waals surface area contributed by atoms with Crippen LogP contribution in [0.25, 0.3) is 0 Å². The lowest BCUT2D eigenvalue weighted by Crippen LogP contribution is -2.51. The molecule has 3 aromatic carbocycles. The minimum atomic E-state index is -0.806. The van der Waals surface area contributed by atoms with Crippen LogP contribution in [0.1, 0.15) is 15.9 Å². The lowest BCUT2D eigenvalue weighted by molar-refractivity contribution is -0.126. The van der Waals surface area contributed by atoms with E-state index in [2.05, 4.69) is 10.6 Å². The van der Waals surface area contributed by atoms with Gasteiger partial charge in [-0.1, -0.05) is 60.1 Å². The number of rotatable bonds is 8. The van der Waals surface area contributed by atoms with Crippen molar-refractivity contribution in [3.8, 4) is 0 Å². The third-order valence-electron chi connectivity index (χ3n) is 4.91. The smallest absolute Gasteiger partial charge is 0.251 e. The summed E-state index contributed by atoms with van der Waals surface area (Å²) >= 11 is 5.94. The first kappa shape index (κ1) is 23.0. The van der Waals surface area contributed by atoms with Gasteiger partial charge in [-0.15, -0.1) is 0 Å². The Kier molecular flexibility index (Phi) is 8.00. The maximum Gasteiger partial charge on any atom is 0.251 e. The lowest BCUT2D eigenvalue weighted by Gasteiger charge is -2.25. The molecule has 0 saturated heterocycles. The monoisotopic (exact) mass is 449 g/mol. The van der Waals surface area contributed by atoms with E-state index in [0.717, 1.165) is 5.56 Å². The van der Waals surface area contributed by atoms with Crippen molar-refractivity contribution in [2.75, 3.05) is 18.5 Å². The summed E-state index contributed by atoms with van der Waals surface area (Å²) in [5.74, 6) is -1.09. The van der Waals surface area contributed by atoms with Crippen LogP contribution in [-0.2, 0) is 16.0 Å². The van der Waals surface area contributed by atoms with E-state index < -0.39 is 11.9 Å². The van der Waals surface area contributed by atoms with Gasteiger partial charge in [0, 0.05) is 29.7 Å². The second kappa shape index (κ2) is 11.1. The number of benzene rings is 3. The Hall–Kier alpha value is -3.64. The topological polar surface area (TPSA) is 78.5 Å². The van der Waals surface area contributed by atoms with Crippen molar-refractivity contribution >= 4 is 35.0 Å². The van der Waals surface area contributed by atoms with E-state index in [0.29, 0.717) is 22.7 Å². The molecule has 6 nitrogen and oxygen atoms in total. The van der Waals surface area contributed by atoms with Gasteiger partial charge in [-0.05, 0) is 42.0 Å². The zero-order chi connectivity index (χ0) is 22.9. The molecule has 0 fully saturated rings. The number of hydrogen-bond donors (Lipinski definition) is 2. The van der Waals surface area contributed by atoms with Crippen molar-refractivity contribution in [2.24, 2.45) is 0 Å². The van der Waals surface area contributed by atoms with Crippen molar-refractivity contribution in [3.05, 3.63) is 101 Å². The van der Waals surface area contributed by atoms with Crippen LogP contribution in [0.5, 0.6) is 0 Å².